The van der Waals surface area contributed by atoms with Gasteiger partial charge < -0.3 is 124 Å². The Bertz CT molecular complexity index is 13.6. The average molecular weight is 543 g/mol. The van der Waals surface area contributed by atoms with Gasteiger partial charge >= 0.3 is 0 Å². The van der Waals surface area contributed by atoms with Gasteiger partial charge in [-0.1, -0.05) is 0 Å². The van der Waals surface area contributed by atoms with Crippen molar-refractivity contribution in [1.29, 1.82) is 0 Å². The predicted octanol–water partition coefficient (Wildman–Crippen LogP) is -28.7. The summed E-state index contributed by atoms with van der Waals surface area (Å²) in [6.07, 6.45) is 0. The van der Waals surface area contributed by atoms with E-state index in [1.165, 1.54) is 0 Å². The van der Waals surface area contributed by atoms with Crippen molar-refractivity contribution in [2.24, 2.45) is 0 Å². The molecule has 0 aliphatic rings. The van der Waals surface area contributed by atoms with E-state index in [9.17, 15) is 0 Å². The summed E-state index contributed by atoms with van der Waals surface area (Å²) in [6.45, 7) is 0. The van der Waals surface area contributed by atoms with E-state index in [1.807, 2.05) is 0 Å². The van der Waals surface area contributed by atoms with Gasteiger partial charge in [-0.15, -0.1) is 0 Å². The first-order valence-electron chi connectivity index (χ1n) is 0.309. The molecule has 0 amide bonds. The normalized spacial score (nSPS) is 1.20. The quantitative estimate of drug-likeness (QED) is 0.295. The van der Waals surface area contributed by atoms with Crippen molar-refractivity contribution in [2.75, 3.05) is 0 Å². The third-order valence-electron chi connectivity index (χ3n) is 0. The summed E-state index contributed by atoms with van der Waals surface area (Å²) in [5, 5.41) is 0. The molecule has 0 aliphatic carbocycles. The molecule has 0 N–H and O–H groups in total. The molecular weight excluding hydrogens is 543 g/mol. The molecule has 0 aromatic rings. The van der Waals surface area contributed by atoms with Crippen LogP contribution in [-0.2, 0) is 41.0 Å². The molecule has 110 valence electrons. The van der Waals surface area contributed by atoms with Crippen molar-refractivity contribution in [3.63, 3.8) is 0 Å². The summed E-state index contributed by atoms with van der Waals surface area (Å²) in [7, 11) is 0. The van der Waals surface area contributed by atoms with Crippen molar-refractivity contribution in [3.8, 4) is 0 Å². The Morgan fingerprint density at radius 1 is 0.400 bits per heavy atom. The SMILES string of the molecule is ClOCl.[Cl-].[Cl-].[Cl-].[Cl-].[Cl-].[Cl-].[Cl-].[Cl-].[Cl-].[Cl-].[V].[V]. The van der Waals surface area contributed by atoms with Crippen LogP contribution in [-0.4, -0.2) is 0 Å². The fraction of sp³-hybridized carbons (Fsp3) is 0. The van der Waals surface area contributed by atoms with Crippen LogP contribution in [0.15, 0.2) is 0 Å². The van der Waals surface area contributed by atoms with Gasteiger partial charge in [0.25, 0.3) is 0 Å². The van der Waals surface area contributed by atoms with Crippen LogP contribution in [0.5, 0.6) is 0 Å². The zero-order chi connectivity index (χ0) is 2.71. The largest absolute Gasteiger partial charge is 1.00 e. The second-order valence-electron chi connectivity index (χ2n) is 0.0583. The van der Waals surface area contributed by atoms with E-state index >= 15 is 0 Å². The van der Waals surface area contributed by atoms with Crippen LogP contribution in [0.4, 0.5) is 0 Å². The molecule has 0 rings (SSSR count). The Hall–Kier alpha value is 4.61. The molecule has 2 radical (unpaired) electrons. The van der Waals surface area contributed by atoms with Crippen LogP contribution in [0.25, 0.3) is 0 Å². The van der Waals surface area contributed by atoms with Gasteiger partial charge in [0.15, 0.2) is 0 Å². The first-order chi connectivity index (χ1) is 1.41. The molecule has 0 aromatic heterocycles. The second kappa shape index (κ2) is 183. The van der Waals surface area contributed by atoms with Gasteiger partial charge in [0.05, 0.1) is 23.7 Å². The molecule has 0 unspecified atom stereocenters. The van der Waals surface area contributed by atoms with Gasteiger partial charge in [0.1, 0.15) is 0 Å². The molecule has 0 aromatic carbocycles. The fourth-order valence-electron chi connectivity index (χ4n) is 0. The van der Waals surface area contributed by atoms with Crippen molar-refractivity contribution >= 4 is 23.7 Å². The summed E-state index contributed by atoms with van der Waals surface area (Å²) < 4.78 is 3.19. The van der Waals surface area contributed by atoms with E-state index in [0.29, 0.717) is 0 Å². The maximum Gasteiger partial charge on any atom is 0.0832 e. The summed E-state index contributed by atoms with van der Waals surface area (Å²) in [6, 6.07) is 0. The summed E-state index contributed by atoms with van der Waals surface area (Å²) in [5.41, 5.74) is 0. The van der Waals surface area contributed by atoms with Crippen LogP contribution in [0.2, 0.25) is 0 Å². The smallest absolute Gasteiger partial charge is 0.0832 e. The van der Waals surface area contributed by atoms with E-state index in [0.717, 1.165) is 0 Å². The Morgan fingerprint density at radius 3 is 0.400 bits per heavy atom. The predicted molar refractivity (Wildman–Crippen MR) is 12.8 cm³/mol. The first-order valence-corrected chi connectivity index (χ1v) is 0.926. The Balaban J connectivity index is -0.000000000303. The summed E-state index contributed by atoms with van der Waals surface area (Å²) in [4.78, 5) is 0. The van der Waals surface area contributed by atoms with E-state index in [4.69, 9.17) is 0 Å². The first kappa shape index (κ1) is 155. The summed E-state index contributed by atoms with van der Waals surface area (Å²) in [5.74, 6) is 0. The third kappa shape index (κ3) is 242. The molecule has 1 nitrogen and oxygen atoms in total. The molecule has 0 saturated heterocycles. The number of hydrogen-bond donors (Lipinski definition) is 0. The Labute approximate surface area is 186 Å². The molecular formula is Cl12OV2-10. The summed E-state index contributed by atoms with van der Waals surface area (Å²) >= 11 is 8.53. The molecule has 15 heteroatoms. The zero-order valence-electron chi connectivity index (χ0n) is 5.84. The van der Waals surface area contributed by atoms with Gasteiger partial charge in [0, 0.05) is 37.1 Å². The van der Waals surface area contributed by atoms with Crippen molar-refractivity contribution < 1.29 is 165 Å². The molecule has 0 aliphatic heterocycles. The van der Waals surface area contributed by atoms with Crippen LogP contribution in [0.1, 0.15) is 0 Å². The van der Waals surface area contributed by atoms with E-state index in [1.54, 1.807) is 0 Å². The van der Waals surface area contributed by atoms with Crippen LogP contribution in [0, 0.1) is 0 Å². The zero-order valence-corrected chi connectivity index (χ0v) is 17.7. The van der Waals surface area contributed by atoms with Gasteiger partial charge in [-0.2, -0.15) is 3.84 Å². The average Bonchev–Trinajstić information content (AvgIpc) is 0.918. The third-order valence-corrected chi connectivity index (χ3v) is 0. The molecule has 0 saturated carbocycles. The minimum atomic E-state index is 0. The van der Waals surface area contributed by atoms with E-state index in [-0.39, 0.29) is 161 Å². The molecule has 0 bridgehead atoms. The molecule has 0 spiro atoms. The van der Waals surface area contributed by atoms with Gasteiger partial charge in [-0.25, -0.2) is 0 Å². The van der Waals surface area contributed by atoms with E-state index < -0.39 is 0 Å². The monoisotopic (exact) mass is 538 g/mol. The van der Waals surface area contributed by atoms with Gasteiger partial charge in [-0.3, -0.25) is 0 Å². The van der Waals surface area contributed by atoms with Crippen LogP contribution in [0.3, 0.4) is 0 Å². The van der Waals surface area contributed by atoms with Crippen molar-refractivity contribution in [1.82, 2.24) is 0 Å². The van der Waals surface area contributed by atoms with Crippen molar-refractivity contribution in [2.45, 2.75) is 0 Å². The number of hydrogen-bond acceptors (Lipinski definition) is 1. The second-order valence-corrected chi connectivity index (χ2v) is 0.525. The molecule has 15 heavy (non-hydrogen) atoms. The fourth-order valence-corrected chi connectivity index (χ4v) is 0. The van der Waals surface area contributed by atoms with Crippen molar-refractivity contribution in [3.05, 3.63) is 0 Å². The van der Waals surface area contributed by atoms with Crippen LogP contribution < -0.4 is 124 Å². The molecule has 0 fully saturated rings. The number of halogens is 12. The topological polar surface area (TPSA) is 9.23 Å². The van der Waals surface area contributed by atoms with Gasteiger partial charge in [0.2, 0.25) is 0 Å². The number of rotatable bonds is 0. The van der Waals surface area contributed by atoms with E-state index in [2.05, 4.69) is 27.6 Å². The Kier molecular flexibility index (Phi) is 1900. The standard InChI is InChI=1S/Cl2O.10ClH.2V/c1-3-2;;;;;;;;;;;;/h;10*1H;;/p-10. The minimum absolute atomic E-state index is 0. The molecule has 0 heterocycles. The maximum atomic E-state index is 4.26. The molecule has 0 atom stereocenters. The minimum Gasteiger partial charge on any atom is -1.00 e. The van der Waals surface area contributed by atoms with Crippen LogP contribution >= 0.6 is 23.7 Å². The Morgan fingerprint density at radius 2 is 0.400 bits per heavy atom. The van der Waals surface area contributed by atoms with Gasteiger partial charge in [-0.05, 0) is 0 Å². The maximum absolute atomic E-state index is 4.26.